The van der Waals surface area contributed by atoms with Crippen molar-refractivity contribution in [3.63, 3.8) is 0 Å². The Balaban J connectivity index is 1.68. The van der Waals surface area contributed by atoms with Gasteiger partial charge in [-0.15, -0.1) is 11.3 Å². The van der Waals surface area contributed by atoms with Crippen molar-refractivity contribution >= 4 is 11.3 Å². The molecule has 0 spiro atoms. The maximum Gasteiger partial charge on any atom is 0.194 e. The van der Waals surface area contributed by atoms with E-state index in [1.54, 1.807) is 17.5 Å². The van der Waals surface area contributed by atoms with E-state index in [2.05, 4.69) is 10.3 Å². The highest BCUT2D eigenvalue weighted by atomic mass is 32.1. The van der Waals surface area contributed by atoms with E-state index in [1.165, 1.54) is 12.8 Å². The third-order valence-electron chi connectivity index (χ3n) is 3.61. The molecule has 118 valence electrons. The van der Waals surface area contributed by atoms with Crippen molar-refractivity contribution in [1.82, 2.24) is 10.3 Å². The van der Waals surface area contributed by atoms with Crippen molar-refractivity contribution in [2.45, 2.75) is 31.3 Å². The van der Waals surface area contributed by atoms with E-state index in [0.717, 1.165) is 22.0 Å². The maximum atomic E-state index is 13.3. The fourth-order valence-electron chi connectivity index (χ4n) is 2.21. The summed E-state index contributed by atoms with van der Waals surface area (Å²) < 4.78 is 39.5. The molecular weight excluding hydrogens is 313 g/mol. The summed E-state index contributed by atoms with van der Waals surface area (Å²) in [5.41, 5.74) is 0.172. The van der Waals surface area contributed by atoms with E-state index in [0.29, 0.717) is 12.5 Å². The van der Waals surface area contributed by atoms with Gasteiger partial charge < -0.3 is 10.4 Å². The third-order valence-corrected chi connectivity index (χ3v) is 4.77. The first-order chi connectivity index (χ1) is 10.6. The average Bonchev–Trinajstić information content (AvgIpc) is 3.25. The molecule has 1 heterocycles. The number of thiazole rings is 1. The van der Waals surface area contributed by atoms with Gasteiger partial charge in [-0.05, 0) is 30.5 Å². The summed E-state index contributed by atoms with van der Waals surface area (Å²) in [4.78, 5) is 5.33. The fourth-order valence-corrected chi connectivity index (χ4v) is 3.25. The number of aliphatic hydroxyl groups is 1. The number of nitrogens with one attached hydrogen (secondary N) is 1. The highest BCUT2D eigenvalue weighted by Crippen LogP contribution is 2.41. The van der Waals surface area contributed by atoms with Gasteiger partial charge in [0.25, 0.3) is 0 Å². The molecule has 0 bridgehead atoms. The smallest absolute Gasteiger partial charge is 0.194 e. The van der Waals surface area contributed by atoms with Gasteiger partial charge in [0.05, 0.1) is 17.7 Å². The van der Waals surface area contributed by atoms with Gasteiger partial charge in [-0.1, -0.05) is 0 Å². The first kappa shape index (κ1) is 15.5. The van der Waals surface area contributed by atoms with Crippen LogP contribution < -0.4 is 5.32 Å². The Bertz CT molecular complexity index is 650. The molecule has 22 heavy (non-hydrogen) atoms. The molecule has 1 aliphatic rings. The minimum atomic E-state index is -1.50. The van der Waals surface area contributed by atoms with Gasteiger partial charge in [0.2, 0.25) is 0 Å². The lowest BCUT2D eigenvalue weighted by Gasteiger charge is -2.16. The first-order valence-electron chi connectivity index (χ1n) is 7.01. The van der Waals surface area contributed by atoms with Gasteiger partial charge in [-0.2, -0.15) is 0 Å². The minimum Gasteiger partial charge on any atom is -0.394 e. The van der Waals surface area contributed by atoms with Crippen LogP contribution >= 0.6 is 11.3 Å². The van der Waals surface area contributed by atoms with Crippen molar-refractivity contribution in [2.75, 3.05) is 6.61 Å². The Morgan fingerprint density at radius 3 is 2.55 bits per heavy atom. The maximum absolute atomic E-state index is 13.3. The van der Waals surface area contributed by atoms with Crippen molar-refractivity contribution < 1.29 is 18.3 Å². The molecule has 2 aromatic rings. The molecule has 2 N–H and O–H groups in total. The largest absolute Gasteiger partial charge is 0.394 e. The molecule has 1 aromatic carbocycles. The quantitative estimate of drug-likeness (QED) is 0.800. The van der Waals surface area contributed by atoms with Gasteiger partial charge in [0.1, 0.15) is 0 Å². The molecule has 0 aliphatic heterocycles. The molecule has 7 heteroatoms. The van der Waals surface area contributed by atoms with Crippen LogP contribution in [0.4, 0.5) is 13.2 Å². The SMILES string of the molecule is OCC(NCc1cnc(C2CC2)s1)c1cc(F)c(F)c(F)c1. The molecule has 3 nitrogen and oxygen atoms in total. The predicted molar refractivity (Wildman–Crippen MR) is 77.1 cm³/mol. The number of aliphatic hydroxyl groups excluding tert-OH is 1. The molecule has 0 saturated heterocycles. The average molecular weight is 328 g/mol. The van der Waals surface area contributed by atoms with E-state index in [1.807, 2.05) is 0 Å². The van der Waals surface area contributed by atoms with Crippen LogP contribution in [0.3, 0.4) is 0 Å². The number of benzene rings is 1. The Hall–Kier alpha value is -1.44. The zero-order chi connectivity index (χ0) is 15.7. The van der Waals surface area contributed by atoms with Crippen LogP contribution in [0.1, 0.15) is 40.2 Å². The summed E-state index contributed by atoms with van der Waals surface area (Å²) in [6, 6.07) is 1.12. The second-order valence-corrected chi connectivity index (χ2v) is 6.50. The molecule has 1 saturated carbocycles. The van der Waals surface area contributed by atoms with Crippen molar-refractivity contribution in [1.29, 1.82) is 0 Å². The van der Waals surface area contributed by atoms with Crippen LogP contribution in [0, 0.1) is 17.5 Å². The number of halogens is 3. The van der Waals surface area contributed by atoms with Crippen LogP contribution in [0.2, 0.25) is 0 Å². The molecular formula is C15H15F3N2OS. The Labute approximate surface area is 129 Å². The second-order valence-electron chi connectivity index (χ2n) is 5.35. The van der Waals surface area contributed by atoms with E-state index < -0.39 is 23.5 Å². The summed E-state index contributed by atoms with van der Waals surface area (Å²) in [6.45, 7) is 0.0784. The molecule has 3 rings (SSSR count). The van der Waals surface area contributed by atoms with Gasteiger partial charge in [0.15, 0.2) is 17.5 Å². The lowest BCUT2D eigenvalue weighted by Crippen LogP contribution is -2.24. The fraction of sp³-hybridized carbons (Fsp3) is 0.400. The van der Waals surface area contributed by atoms with E-state index in [9.17, 15) is 18.3 Å². The van der Waals surface area contributed by atoms with Crippen LogP contribution in [0.5, 0.6) is 0 Å². The highest BCUT2D eigenvalue weighted by Gasteiger charge is 2.26. The van der Waals surface area contributed by atoms with Crippen LogP contribution in [0.25, 0.3) is 0 Å². The third kappa shape index (κ3) is 3.31. The number of hydrogen-bond acceptors (Lipinski definition) is 4. The minimum absolute atomic E-state index is 0.172. The number of rotatable bonds is 6. The Kier molecular flexibility index (Phi) is 4.46. The molecule has 1 atom stereocenters. The Morgan fingerprint density at radius 2 is 1.95 bits per heavy atom. The lowest BCUT2D eigenvalue weighted by atomic mass is 10.1. The molecule has 1 fully saturated rings. The van der Waals surface area contributed by atoms with Crippen LogP contribution in [-0.4, -0.2) is 16.7 Å². The first-order valence-corrected chi connectivity index (χ1v) is 7.83. The van der Waals surface area contributed by atoms with Gasteiger partial charge in [-0.25, -0.2) is 18.2 Å². The summed E-state index contributed by atoms with van der Waals surface area (Å²) in [5, 5.41) is 13.5. The summed E-state index contributed by atoms with van der Waals surface area (Å²) in [6.07, 6.45) is 4.12. The zero-order valence-electron chi connectivity index (χ0n) is 11.7. The van der Waals surface area contributed by atoms with Crippen LogP contribution in [-0.2, 0) is 6.54 Å². The number of hydrogen-bond donors (Lipinski definition) is 2. The predicted octanol–water partition coefficient (Wildman–Crippen LogP) is 3.26. The zero-order valence-corrected chi connectivity index (χ0v) is 12.5. The molecule has 1 aliphatic carbocycles. The standard InChI is InChI=1S/C15H15F3N2OS/c16-11-3-9(4-12(17)14(11)18)13(7-21)19-5-10-6-20-15(22-10)8-1-2-8/h3-4,6,8,13,19,21H,1-2,5,7H2. The summed E-state index contributed by atoms with van der Waals surface area (Å²) >= 11 is 1.60. The normalized spacial score (nSPS) is 16.0. The summed E-state index contributed by atoms with van der Waals surface area (Å²) in [7, 11) is 0. The number of aromatic nitrogens is 1. The monoisotopic (exact) mass is 328 g/mol. The van der Waals surface area contributed by atoms with E-state index >= 15 is 0 Å². The van der Waals surface area contributed by atoms with Gasteiger partial charge >= 0.3 is 0 Å². The summed E-state index contributed by atoms with van der Waals surface area (Å²) in [5.74, 6) is -3.45. The highest BCUT2D eigenvalue weighted by molar-refractivity contribution is 7.11. The Morgan fingerprint density at radius 1 is 1.27 bits per heavy atom. The molecule has 0 amide bonds. The van der Waals surface area contributed by atoms with Gasteiger partial charge in [0, 0.05) is 23.5 Å². The lowest BCUT2D eigenvalue weighted by molar-refractivity contribution is 0.243. The van der Waals surface area contributed by atoms with Gasteiger partial charge in [-0.3, -0.25) is 0 Å². The second kappa shape index (κ2) is 6.36. The topological polar surface area (TPSA) is 45.1 Å². The van der Waals surface area contributed by atoms with Crippen molar-refractivity contribution in [3.8, 4) is 0 Å². The van der Waals surface area contributed by atoms with Crippen molar-refractivity contribution in [3.05, 3.63) is 51.2 Å². The molecule has 1 aromatic heterocycles. The van der Waals surface area contributed by atoms with Crippen molar-refractivity contribution in [2.24, 2.45) is 0 Å². The molecule has 0 radical (unpaired) electrons. The van der Waals surface area contributed by atoms with E-state index in [4.69, 9.17) is 0 Å². The van der Waals surface area contributed by atoms with Crippen LogP contribution in [0.15, 0.2) is 18.3 Å². The van der Waals surface area contributed by atoms with E-state index in [-0.39, 0.29) is 12.2 Å². The number of nitrogens with zero attached hydrogens (tertiary/aromatic N) is 1. The molecule has 1 unspecified atom stereocenters.